The fourth-order valence-corrected chi connectivity index (χ4v) is 3.68. The molecular weight excluding hydrogens is 276 g/mol. The molecule has 0 bridgehead atoms. The number of carbonyl (C=O) groups excluding carboxylic acids is 1. The van der Waals surface area contributed by atoms with Gasteiger partial charge in [0.2, 0.25) is 5.76 Å². The Morgan fingerprint density at radius 3 is 2.68 bits per heavy atom. The Bertz CT molecular complexity index is 620. The average Bonchev–Trinajstić information content (AvgIpc) is 2.93. The largest absolute Gasteiger partial charge is 0.475 e. The fraction of sp³-hybridized carbons (Fsp3) is 0.500. The summed E-state index contributed by atoms with van der Waals surface area (Å²) in [6, 6.07) is 0.604. The highest BCUT2D eigenvalue weighted by Crippen LogP contribution is 2.18. The molecule has 0 aromatic carbocycles. The molecule has 104 valence electrons. The monoisotopic (exact) mass is 288 g/mol. The van der Waals surface area contributed by atoms with Gasteiger partial charge in [0.25, 0.3) is 5.91 Å². The van der Waals surface area contributed by atoms with Crippen LogP contribution in [0.25, 0.3) is 0 Å². The Morgan fingerprint density at radius 1 is 1.53 bits per heavy atom. The highest BCUT2D eigenvalue weighted by molar-refractivity contribution is 7.91. The van der Waals surface area contributed by atoms with E-state index in [1.807, 2.05) is 0 Å². The SMILES string of the molecule is CN(C(=O)c1cc(C(=O)O)on1)C1CCS(=O)(=O)C1. The first-order valence-electron chi connectivity index (χ1n) is 5.48. The lowest BCUT2D eigenvalue weighted by atomic mass is 10.2. The van der Waals surface area contributed by atoms with Crippen LogP contribution in [0.5, 0.6) is 0 Å². The molecule has 1 aromatic rings. The minimum Gasteiger partial charge on any atom is -0.475 e. The van der Waals surface area contributed by atoms with Gasteiger partial charge in [-0.05, 0) is 6.42 Å². The van der Waals surface area contributed by atoms with Gasteiger partial charge in [0.15, 0.2) is 15.5 Å². The van der Waals surface area contributed by atoms with E-state index in [2.05, 4.69) is 9.68 Å². The first kappa shape index (κ1) is 13.5. The zero-order chi connectivity index (χ0) is 14.2. The maximum absolute atomic E-state index is 12.0. The summed E-state index contributed by atoms with van der Waals surface area (Å²) < 4.78 is 27.2. The lowest BCUT2D eigenvalue weighted by molar-refractivity contribution is 0.0648. The number of hydrogen-bond acceptors (Lipinski definition) is 6. The van der Waals surface area contributed by atoms with E-state index in [0.717, 1.165) is 6.07 Å². The van der Waals surface area contributed by atoms with Gasteiger partial charge in [-0.2, -0.15) is 0 Å². The van der Waals surface area contributed by atoms with Gasteiger partial charge in [0, 0.05) is 19.2 Å². The number of hydrogen-bond donors (Lipinski definition) is 1. The summed E-state index contributed by atoms with van der Waals surface area (Å²) in [4.78, 5) is 23.9. The van der Waals surface area contributed by atoms with Crippen molar-refractivity contribution < 1.29 is 27.6 Å². The number of sulfone groups is 1. The zero-order valence-electron chi connectivity index (χ0n) is 10.1. The molecule has 1 N–H and O–H groups in total. The van der Waals surface area contributed by atoms with E-state index in [4.69, 9.17) is 5.11 Å². The van der Waals surface area contributed by atoms with Crippen LogP contribution in [0.15, 0.2) is 10.6 Å². The fourth-order valence-electron chi connectivity index (χ4n) is 1.90. The molecule has 1 aromatic heterocycles. The number of amides is 1. The summed E-state index contributed by atoms with van der Waals surface area (Å²) in [5, 5.41) is 12.0. The number of nitrogens with zero attached hydrogens (tertiary/aromatic N) is 2. The van der Waals surface area contributed by atoms with Crippen molar-refractivity contribution >= 4 is 21.7 Å². The standard InChI is InChI=1S/C10H12N2O6S/c1-12(6-2-3-19(16,17)5-6)9(13)7-4-8(10(14)15)18-11-7/h4,6H,2-3,5H2,1H3,(H,14,15). The molecule has 1 aliphatic rings. The average molecular weight is 288 g/mol. The zero-order valence-corrected chi connectivity index (χ0v) is 10.9. The number of aromatic carboxylic acids is 1. The highest BCUT2D eigenvalue weighted by atomic mass is 32.2. The van der Waals surface area contributed by atoms with Crippen molar-refractivity contribution in [2.45, 2.75) is 12.5 Å². The van der Waals surface area contributed by atoms with Gasteiger partial charge in [0.05, 0.1) is 11.5 Å². The molecule has 2 rings (SSSR count). The quantitative estimate of drug-likeness (QED) is 0.806. The lowest BCUT2D eigenvalue weighted by Gasteiger charge is -2.21. The maximum Gasteiger partial charge on any atom is 0.374 e. The van der Waals surface area contributed by atoms with Gasteiger partial charge >= 0.3 is 5.97 Å². The van der Waals surface area contributed by atoms with E-state index in [0.29, 0.717) is 6.42 Å². The highest BCUT2D eigenvalue weighted by Gasteiger charge is 2.34. The van der Waals surface area contributed by atoms with E-state index >= 15 is 0 Å². The van der Waals surface area contributed by atoms with Crippen LogP contribution in [0.3, 0.4) is 0 Å². The minimum atomic E-state index is -3.10. The normalized spacial score (nSPS) is 21.2. The van der Waals surface area contributed by atoms with Gasteiger partial charge in [-0.1, -0.05) is 5.16 Å². The molecule has 19 heavy (non-hydrogen) atoms. The molecule has 1 aliphatic heterocycles. The van der Waals surface area contributed by atoms with Crippen molar-refractivity contribution in [1.82, 2.24) is 10.1 Å². The van der Waals surface area contributed by atoms with E-state index in [1.54, 1.807) is 0 Å². The predicted molar refractivity (Wildman–Crippen MR) is 62.6 cm³/mol. The van der Waals surface area contributed by atoms with Crippen LogP contribution in [0.1, 0.15) is 27.5 Å². The Hall–Kier alpha value is -1.90. The van der Waals surface area contributed by atoms with E-state index < -0.39 is 33.5 Å². The molecule has 9 heteroatoms. The molecule has 2 heterocycles. The molecular formula is C10H12N2O6S. The summed E-state index contributed by atoms with van der Waals surface area (Å²) in [5.74, 6) is -2.35. The third kappa shape index (κ3) is 2.75. The number of carboxylic acid groups (broad SMARTS) is 1. The number of rotatable bonds is 3. The molecule has 1 atom stereocenters. The van der Waals surface area contributed by atoms with Crippen molar-refractivity contribution in [3.8, 4) is 0 Å². The second-order valence-electron chi connectivity index (χ2n) is 4.35. The van der Waals surface area contributed by atoms with Gasteiger partial charge in [-0.15, -0.1) is 0 Å². The summed E-state index contributed by atoms with van der Waals surface area (Å²) in [5.41, 5.74) is -0.149. The predicted octanol–water partition coefficient (Wildman–Crippen LogP) is -0.368. The number of aromatic nitrogens is 1. The lowest BCUT2D eigenvalue weighted by Crippen LogP contribution is -2.38. The Morgan fingerprint density at radius 2 is 2.21 bits per heavy atom. The topological polar surface area (TPSA) is 118 Å². The molecule has 0 radical (unpaired) electrons. The Labute approximate surface area is 108 Å². The number of carboxylic acids is 1. The van der Waals surface area contributed by atoms with Gasteiger partial charge in [0.1, 0.15) is 0 Å². The molecule has 1 unspecified atom stereocenters. The molecule has 1 fully saturated rings. The molecule has 0 saturated carbocycles. The van der Waals surface area contributed by atoms with Crippen molar-refractivity contribution in [2.24, 2.45) is 0 Å². The molecule has 1 amide bonds. The third-order valence-corrected chi connectivity index (χ3v) is 4.77. The van der Waals surface area contributed by atoms with E-state index in [9.17, 15) is 18.0 Å². The summed E-state index contributed by atoms with van der Waals surface area (Å²) >= 11 is 0. The Kier molecular flexibility index (Phi) is 3.31. The molecule has 0 spiro atoms. The first-order chi connectivity index (χ1) is 8.80. The summed E-state index contributed by atoms with van der Waals surface area (Å²) in [6.45, 7) is 0. The van der Waals surface area contributed by atoms with Crippen LogP contribution in [0.4, 0.5) is 0 Å². The second-order valence-corrected chi connectivity index (χ2v) is 6.58. The Balaban J connectivity index is 2.13. The van der Waals surface area contributed by atoms with Crippen LogP contribution in [-0.4, -0.2) is 60.1 Å². The second kappa shape index (κ2) is 4.65. The molecule has 8 nitrogen and oxygen atoms in total. The smallest absolute Gasteiger partial charge is 0.374 e. The van der Waals surface area contributed by atoms with Crippen LogP contribution in [0.2, 0.25) is 0 Å². The van der Waals surface area contributed by atoms with Crippen molar-refractivity contribution in [2.75, 3.05) is 18.6 Å². The maximum atomic E-state index is 12.0. The van der Waals surface area contributed by atoms with Gasteiger partial charge < -0.3 is 14.5 Å². The van der Waals surface area contributed by atoms with E-state index in [-0.39, 0.29) is 17.2 Å². The van der Waals surface area contributed by atoms with Crippen molar-refractivity contribution in [3.05, 3.63) is 17.5 Å². The van der Waals surface area contributed by atoms with Gasteiger partial charge in [-0.3, -0.25) is 4.79 Å². The minimum absolute atomic E-state index is 0.0501. The van der Waals surface area contributed by atoms with Crippen LogP contribution >= 0.6 is 0 Å². The molecule has 1 saturated heterocycles. The van der Waals surface area contributed by atoms with E-state index in [1.165, 1.54) is 11.9 Å². The van der Waals surface area contributed by atoms with Crippen LogP contribution < -0.4 is 0 Å². The summed E-state index contributed by atoms with van der Waals surface area (Å²) in [6.07, 6.45) is 0.369. The van der Waals surface area contributed by atoms with Crippen LogP contribution in [-0.2, 0) is 9.84 Å². The summed E-state index contributed by atoms with van der Waals surface area (Å²) in [7, 11) is -1.63. The third-order valence-electron chi connectivity index (χ3n) is 3.02. The van der Waals surface area contributed by atoms with Gasteiger partial charge in [-0.25, -0.2) is 13.2 Å². The first-order valence-corrected chi connectivity index (χ1v) is 7.30. The van der Waals surface area contributed by atoms with Crippen molar-refractivity contribution in [3.63, 3.8) is 0 Å². The van der Waals surface area contributed by atoms with Crippen LogP contribution in [0, 0.1) is 0 Å². The van der Waals surface area contributed by atoms with Crippen molar-refractivity contribution in [1.29, 1.82) is 0 Å². The number of carbonyl (C=O) groups is 2. The molecule has 0 aliphatic carbocycles.